The van der Waals surface area contributed by atoms with E-state index in [0.717, 1.165) is 0 Å². The Morgan fingerprint density at radius 3 is 1.25 bits per heavy atom. The summed E-state index contributed by atoms with van der Waals surface area (Å²) in [5.41, 5.74) is 0. The molecule has 0 saturated heterocycles. The van der Waals surface area contributed by atoms with Crippen LogP contribution in [0.3, 0.4) is 0 Å². The van der Waals surface area contributed by atoms with Crippen LogP contribution in [0.25, 0.3) is 0 Å². The number of aliphatic hydroxyl groups is 3. The van der Waals surface area contributed by atoms with Gasteiger partial charge in [0.25, 0.3) is 0 Å². The van der Waals surface area contributed by atoms with Crippen molar-refractivity contribution in [2.45, 2.75) is 6.10 Å². The van der Waals surface area contributed by atoms with Crippen LogP contribution in [0.5, 0.6) is 0 Å². The molecule has 9 heteroatoms. The summed E-state index contributed by atoms with van der Waals surface area (Å²) in [6.45, 7) is -0.729. The minimum atomic E-state index is -4.64. The first-order valence-electron chi connectivity index (χ1n) is 2.49. The second-order valence-electron chi connectivity index (χ2n) is 1.53. The van der Waals surface area contributed by atoms with E-state index in [1.807, 2.05) is 0 Å². The van der Waals surface area contributed by atoms with Crippen LogP contribution in [0.1, 0.15) is 0 Å². The Balaban J connectivity index is -0.000000126. The van der Waals surface area contributed by atoms with Crippen molar-refractivity contribution in [2.75, 3.05) is 13.2 Å². The van der Waals surface area contributed by atoms with E-state index in [9.17, 15) is 0 Å². The Morgan fingerprint density at radius 2 is 1.25 bits per heavy atom. The topological polar surface area (TPSA) is 138 Å². The van der Waals surface area contributed by atoms with Gasteiger partial charge in [0.15, 0.2) is 0 Å². The summed E-state index contributed by atoms with van der Waals surface area (Å²) >= 11 is 0. The fourth-order valence-corrected chi connectivity index (χ4v) is 0.0577. The van der Waals surface area contributed by atoms with E-state index >= 15 is 0 Å². The van der Waals surface area contributed by atoms with Gasteiger partial charge in [-0.3, -0.25) is 0 Å². The number of hydrogen-bond donors (Lipinski definition) is 6. The van der Waals surface area contributed by atoms with Crippen molar-refractivity contribution in [1.29, 1.82) is 0 Å². The van der Waals surface area contributed by atoms with E-state index in [-0.39, 0.29) is 42.8 Å². The molecule has 6 N–H and O–H groups in total. The zero-order valence-corrected chi connectivity index (χ0v) is 6.42. The van der Waals surface area contributed by atoms with Crippen molar-refractivity contribution in [3.63, 3.8) is 0 Å². The van der Waals surface area contributed by atoms with Crippen LogP contribution in [-0.4, -0.2) is 78.9 Å². The summed E-state index contributed by atoms with van der Waals surface area (Å²) in [4.78, 5) is 21.6. The molecular formula is C3H12NaO7P. The van der Waals surface area contributed by atoms with E-state index in [1.54, 1.807) is 0 Å². The van der Waals surface area contributed by atoms with E-state index in [1.165, 1.54) is 0 Å². The maximum absolute atomic E-state index is 8.88. The monoisotopic (exact) mass is 214 g/mol. The van der Waals surface area contributed by atoms with Crippen LogP contribution in [0.2, 0.25) is 0 Å². The summed E-state index contributed by atoms with van der Waals surface area (Å²) in [6.07, 6.45) is -0.954. The average Bonchev–Trinajstić information content (AvgIpc) is 1.83. The van der Waals surface area contributed by atoms with Crippen molar-refractivity contribution in [1.82, 2.24) is 0 Å². The van der Waals surface area contributed by atoms with Crippen molar-refractivity contribution >= 4 is 37.4 Å². The third kappa shape index (κ3) is 44.0. The molecule has 0 bridgehead atoms. The molecule has 0 fully saturated rings. The van der Waals surface area contributed by atoms with Gasteiger partial charge in [0.05, 0.1) is 13.2 Å². The number of hydrogen-bond acceptors (Lipinski definition) is 4. The first-order chi connectivity index (χ1) is 4.81. The molecule has 7 nitrogen and oxygen atoms in total. The molecule has 0 amide bonds. The predicted octanol–water partition coefficient (Wildman–Crippen LogP) is -3.25. The fraction of sp³-hybridized carbons (Fsp3) is 1.00. The fourth-order valence-electron chi connectivity index (χ4n) is 0.0577. The Labute approximate surface area is 91.2 Å². The predicted molar refractivity (Wildman–Crippen MR) is 41.6 cm³/mol. The van der Waals surface area contributed by atoms with Gasteiger partial charge in [-0.2, -0.15) is 0 Å². The second-order valence-corrected chi connectivity index (χ2v) is 2.56. The van der Waals surface area contributed by atoms with Crippen molar-refractivity contribution in [2.24, 2.45) is 0 Å². The molecule has 0 aromatic heterocycles. The molecule has 0 heterocycles. The molecule has 0 aliphatic rings. The molecule has 0 aromatic carbocycles. The summed E-state index contributed by atoms with van der Waals surface area (Å²) in [5, 5.41) is 24.0. The Hall–Kier alpha value is 0.990. The van der Waals surface area contributed by atoms with Gasteiger partial charge in [-0.25, -0.2) is 4.57 Å². The van der Waals surface area contributed by atoms with E-state index < -0.39 is 13.9 Å². The molecular weight excluding hydrogens is 202 g/mol. The van der Waals surface area contributed by atoms with Crippen LogP contribution in [0.15, 0.2) is 0 Å². The molecule has 0 saturated carbocycles. The summed E-state index contributed by atoms with van der Waals surface area (Å²) in [6, 6.07) is 0. The van der Waals surface area contributed by atoms with E-state index in [4.69, 9.17) is 34.6 Å². The third-order valence-electron chi connectivity index (χ3n) is 0.421. The molecule has 0 rings (SSSR count). The van der Waals surface area contributed by atoms with Crippen LogP contribution in [0, 0.1) is 0 Å². The number of aliphatic hydroxyl groups excluding tert-OH is 3. The summed E-state index contributed by atoms with van der Waals surface area (Å²) in [5.74, 6) is 0. The second kappa shape index (κ2) is 10.1. The van der Waals surface area contributed by atoms with E-state index in [2.05, 4.69) is 0 Å². The zero-order chi connectivity index (χ0) is 9.49. The van der Waals surface area contributed by atoms with Gasteiger partial charge in [0.2, 0.25) is 0 Å². The number of rotatable bonds is 2. The quantitative estimate of drug-likeness (QED) is 0.209. The number of phosphoric acid groups is 1. The van der Waals surface area contributed by atoms with Crippen molar-refractivity contribution in [3.8, 4) is 0 Å². The van der Waals surface area contributed by atoms with Crippen LogP contribution in [-0.2, 0) is 4.57 Å². The Kier molecular flexibility index (Phi) is 15.7. The van der Waals surface area contributed by atoms with Crippen LogP contribution < -0.4 is 0 Å². The Bertz CT molecular complexity index is 112. The average molecular weight is 214 g/mol. The minimum absolute atomic E-state index is 0. The van der Waals surface area contributed by atoms with Gasteiger partial charge in [-0.15, -0.1) is 0 Å². The molecule has 0 aliphatic heterocycles. The van der Waals surface area contributed by atoms with Gasteiger partial charge >= 0.3 is 37.4 Å². The summed E-state index contributed by atoms with van der Waals surface area (Å²) < 4.78 is 8.88. The maximum atomic E-state index is 8.88. The first kappa shape index (κ1) is 18.7. The molecule has 0 radical (unpaired) electrons. The van der Waals surface area contributed by atoms with Crippen LogP contribution >= 0.6 is 7.82 Å². The van der Waals surface area contributed by atoms with Gasteiger partial charge in [-0.1, -0.05) is 0 Å². The van der Waals surface area contributed by atoms with Crippen molar-refractivity contribution < 1.29 is 34.6 Å². The molecule has 72 valence electrons. The van der Waals surface area contributed by atoms with Crippen LogP contribution in [0.4, 0.5) is 0 Å². The molecule has 0 unspecified atom stereocenters. The molecule has 12 heavy (non-hydrogen) atoms. The van der Waals surface area contributed by atoms with Crippen molar-refractivity contribution in [3.05, 3.63) is 0 Å². The van der Waals surface area contributed by atoms with Gasteiger partial charge in [-0.05, 0) is 0 Å². The third-order valence-corrected chi connectivity index (χ3v) is 0.421. The standard InChI is InChI=1S/C3H8O3.Na.H3O4P.H/c4-1-3(6)2-5;;1-5(2,3)4;/h3-6H,1-2H2;;(H3,1,2,3,4);. The Morgan fingerprint density at radius 1 is 1.08 bits per heavy atom. The molecule has 0 atom stereocenters. The normalized spacial score (nSPS) is 9.92. The first-order valence-corrected chi connectivity index (χ1v) is 4.05. The molecule has 0 aromatic rings. The van der Waals surface area contributed by atoms with E-state index in [0.29, 0.717) is 0 Å². The summed E-state index contributed by atoms with van der Waals surface area (Å²) in [7, 11) is -4.64. The van der Waals surface area contributed by atoms with Gasteiger partial charge in [0, 0.05) is 0 Å². The molecule has 0 spiro atoms. The van der Waals surface area contributed by atoms with Gasteiger partial charge < -0.3 is 30.0 Å². The zero-order valence-electron chi connectivity index (χ0n) is 5.53. The SMILES string of the molecule is O=P(O)(O)O.OCC(O)CO.[NaH]. The van der Waals surface area contributed by atoms with Gasteiger partial charge in [0.1, 0.15) is 6.10 Å². The molecule has 0 aliphatic carbocycles.